The molecule has 0 unspecified atom stereocenters. The molecule has 0 fully saturated rings. The first-order chi connectivity index (χ1) is 6.27. The van der Waals surface area contributed by atoms with Crippen LogP contribution in [0.25, 0.3) is 11.4 Å². The lowest BCUT2D eigenvalue weighted by molar-refractivity contribution is 1.04. The van der Waals surface area contributed by atoms with E-state index in [4.69, 9.17) is 0 Å². The molecule has 2 aromatic rings. The van der Waals surface area contributed by atoms with Gasteiger partial charge in [0, 0.05) is 18.5 Å². The Labute approximate surface area is 73.9 Å². The average molecular weight is 176 g/mol. The van der Waals surface area contributed by atoms with Crippen molar-refractivity contribution < 1.29 is 0 Å². The van der Waals surface area contributed by atoms with E-state index in [0.29, 0.717) is 11.4 Å². The van der Waals surface area contributed by atoms with Crippen molar-refractivity contribution in [1.29, 1.82) is 0 Å². The molecule has 0 radical (unpaired) electrons. The van der Waals surface area contributed by atoms with Crippen LogP contribution in [0.4, 0.5) is 0 Å². The molecule has 0 aliphatic heterocycles. The van der Waals surface area contributed by atoms with Gasteiger partial charge >= 0.3 is 0 Å². The molecule has 5 nitrogen and oxygen atoms in total. The highest BCUT2D eigenvalue weighted by atomic mass is 16.1. The molecule has 66 valence electrons. The van der Waals surface area contributed by atoms with Gasteiger partial charge in [-0.15, -0.1) is 0 Å². The lowest BCUT2D eigenvalue weighted by Crippen LogP contribution is -1.93. The van der Waals surface area contributed by atoms with Crippen molar-refractivity contribution in [2.45, 2.75) is 6.92 Å². The molecule has 0 atom stereocenters. The van der Waals surface area contributed by atoms with Gasteiger partial charge in [0.25, 0.3) is 5.56 Å². The maximum atomic E-state index is 10.8. The summed E-state index contributed by atoms with van der Waals surface area (Å²) in [5, 5.41) is 5.17. The van der Waals surface area contributed by atoms with E-state index in [-0.39, 0.29) is 5.56 Å². The van der Waals surface area contributed by atoms with Crippen LogP contribution in [-0.2, 0) is 0 Å². The van der Waals surface area contributed by atoms with Crippen molar-refractivity contribution in [3.63, 3.8) is 0 Å². The van der Waals surface area contributed by atoms with Crippen molar-refractivity contribution in [2.24, 2.45) is 0 Å². The normalized spacial score (nSPS) is 10.2. The van der Waals surface area contributed by atoms with Crippen molar-refractivity contribution in [1.82, 2.24) is 20.2 Å². The summed E-state index contributed by atoms with van der Waals surface area (Å²) in [6, 6.07) is 1.46. The predicted molar refractivity (Wildman–Crippen MR) is 47.2 cm³/mol. The first-order valence-corrected chi connectivity index (χ1v) is 3.83. The van der Waals surface area contributed by atoms with Crippen LogP contribution in [0.3, 0.4) is 0 Å². The number of hydrogen-bond donors (Lipinski definition) is 2. The van der Waals surface area contributed by atoms with Gasteiger partial charge in [0.1, 0.15) is 5.69 Å². The second-order valence-electron chi connectivity index (χ2n) is 2.66. The fourth-order valence-corrected chi connectivity index (χ4v) is 1.13. The highest BCUT2D eigenvalue weighted by Gasteiger charge is 2.04. The van der Waals surface area contributed by atoms with Crippen LogP contribution in [0.15, 0.2) is 23.3 Å². The number of nitrogens with one attached hydrogen (secondary N) is 2. The molecule has 2 heterocycles. The topological polar surface area (TPSA) is 74.4 Å². The number of nitrogens with zero attached hydrogens (tertiary/aromatic N) is 2. The molecule has 2 N–H and O–H groups in total. The second-order valence-corrected chi connectivity index (χ2v) is 2.66. The SMILES string of the molecule is Cc1nccnc1-c1cc(=O)[nH][nH]1. The number of aryl methyl sites for hydroxylation is 1. The van der Waals surface area contributed by atoms with E-state index in [2.05, 4.69) is 20.2 Å². The average Bonchev–Trinajstić information content (AvgIpc) is 2.53. The summed E-state index contributed by atoms with van der Waals surface area (Å²) in [4.78, 5) is 19.0. The van der Waals surface area contributed by atoms with Crippen LogP contribution in [0.1, 0.15) is 5.69 Å². The third-order valence-electron chi connectivity index (χ3n) is 1.73. The molecular formula is C8H8N4O. The molecule has 0 aromatic carbocycles. The highest BCUT2D eigenvalue weighted by Crippen LogP contribution is 2.13. The Bertz CT molecular complexity index is 471. The molecule has 0 amide bonds. The lowest BCUT2D eigenvalue weighted by Gasteiger charge is -1.98. The van der Waals surface area contributed by atoms with Gasteiger partial charge in [-0.1, -0.05) is 0 Å². The molecule has 0 saturated heterocycles. The smallest absolute Gasteiger partial charge is 0.264 e. The van der Waals surface area contributed by atoms with E-state index in [9.17, 15) is 4.79 Å². The van der Waals surface area contributed by atoms with E-state index >= 15 is 0 Å². The zero-order chi connectivity index (χ0) is 9.26. The first-order valence-electron chi connectivity index (χ1n) is 3.83. The molecule has 0 aliphatic rings. The minimum atomic E-state index is -0.167. The molecule has 5 heteroatoms. The fourth-order valence-electron chi connectivity index (χ4n) is 1.13. The summed E-state index contributed by atoms with van der Waals surface area (Å²) in [5.74, 6) is 0. The van der Waals surface area contributed by atoms with Gasteiger partial charge < -0.3 is 0 Å². The Morgan fingerprint density at radius 1 is 1.23 bits per heavy atom. The van der Waals surface area contributed by atoms with Gasteiger partial charge in [0.15, 0.2) is 0 Å². The third-order valence-corrected chi connectivity index (χ3v) is 1.73. The van der Waals surface area contributed by atoms with Crippen LogP contribution >= 0.6 is 0 Å². The molecular weight excluding hydrogens is 168 g/mol. The van der Waals surface area contributed by atoms with E-state index in [1.807, 2.05) is 6.92 Å². The third kappa shape index (κ3) is 1.35. The Balaban J connectivity index is 2.58. The lowest BCUT2D eigenvalue weighted by atomic mass is 10.2. The van der Waals surface area contributed by atoms with Crippen LogP contribution in [0.5, 0.6) is 0 Å². The standard InChI is InChI=1S/C8H8N4O/c1-5-8(10-3-2-9-5)6-4-7(13)12-11-6/h2-4H,1H3,(H2,11,12,13). The minimum Gasteiger partial charge on any atom is -0.296 e. The quantitative estimate of drug-likeness (QED) is 0.663. The van der Waals surface area contributed by atoms with Gasteiger partial charge in [-0.05, 0) is 6.92 Å². The van der Waals surface area contributed by atoms with Crippen LogP contribution in [0.2, 0.25) is 0 Å². The molecule has 2 rings (SSSR count). The number of rotatable bonds is 1. The van der Waals surface area contributed by atoms with Crippen LogP contribution in [0, 0.1) is 6.92 Å². The Morgan fingerprint density at radius 3 is 2.62 bits per heavy atom. The maximum Gasteiger partial charge on any atom is 0.264 e. The Kier molecular flexibility index (Phi) is 1.70. The van der Waals surface area contributed by atoms with E-state index in [0.717, 1.165) is 5.69 Å². The molecule has 0 spiro atoms. The van der Waals surface area contributed by atoms with Crippen LogP contribution < -0.4 is 5.56 Å². The van der Waals surface area contributed by atoms with Crippen LogP contribution in [-0.4, -0.2) is 20.2 Å². The minimum absolute atomic E-state index is 0.167. The number of aromatic amines is 2. The molecule has 0 aliphatic carbocycles. The second kappa shape index (κ2) is 2.85. The van der Waals surface area contributed by atoms with Crippen molar-refractivity contribution in [3.05, 3.63) is 34.5 Å². The van der Waals surface area contributed by atoms with E-state index in [1.54, 1.807) is 12.4 Å². The Hall–Kier alpha value is -1.91. The first kappa shape index (κ1) is 7.72. The summed E-state index contributed by atoms with van der Waals surface area (Å²) in [6.45, 7) is 1.84. The predicted octanol–water partition coefficient (Wildman–Crippen LogP) is 0.468. The van der Waals surface area contributed by atoms with E-state index < -0.39 is 0 Å². The molecule has 0 saturated carbocycles. The number of H-pyrrole nitrogens is 2. The Morgan fingerprint density at radius 2 is 2.00 bits per heavy atom. The zero-order valence-corrected chi connectivity index (χ0v) is 7.03. The number of hydrogen-bond acceptors (Lipinski definition) is 3. The molecule has 13 heavy (non-hydrogen) atoms. The largest absolute Gasteiger partial charge is 0.296 e. The van der Waals surface area contributed by atoms with E-state index in [1.165, 1.54) is 6.07 Å². The van der Waals surface area contributed by atoms with Gasteiger partial charge in [-0.25, -0.2) is 0 Å². The zero-order valence-electron chi connectivity index (χ0n) is 7.03. The summed E-state index contributed by atoms with van der Waals surface area (Å²) >= 11 is 0. The molecule has 2 aromatic heterocycles. The van der Waals surface area contributed by atoms with Gasteiger partial charge in [-0.2, -0.15) is 0 Å². The summed E-state index contributed by atoms with van der Waals surface area (Å²) in [7, 11) is 0. The molecule has 0 bridgehead atoms. The van der Waals surface area contributed by atoms with Crippen molar-refractivity contribution >= 4 is 0 Å². The van der Waals surface area contributed by atoms with Crippen molar-refractivity contribution in [3.8, 4) is 11.4 Å². The highest BCUT2D eigenvalue weighted by molar-refractivity contribution is 5.55. The summed E-state index contributed by atoms with van der Waals surface area (Å²) in [6.07, 6.45) is 3.21. The maximum absolute atomic E-state index is 10.8. The van der Waals surface area contributed by atoms with Crippen molar-refractivity contribution in [2.75, 3.05) is 0 Å². The van der Waals surface area contributed by atoms with Gasteiger partial charge in [0.05, 0.1) is 11.4 Å². The number of aromatic nitrogens is 4. The monoisotopic (exact) mass is 176 g/mol. The fraction of sp³-hybridized carbons (Fsp3) is 0.125. The summed E-state index contributed by atoms with van der Waals surface area (Å²) < 4.78 is 0. The summed E-state index contributed by atoms with van der Waals surface area (Å²) in [5.41, 5.74) is 1.98. The van der Waals surface area contributed by atoms with Gasteiger partial charge in [0.2, 0.25) is 0 Å². The van der Waals surface area contributed by atoms with Gasteiger partial charge in [-0.3, -0.25) is 25.0 Å².